The summed E-state index contributed by atoms with van der Waals surface area (Å²) in [7, 11) is 0. The Bertz CT molecular complexity index is 716. The topological polar surface area (TPSA) is 29.5 Å². The van der Waals surface area contributed by atoms with Crippen LogP contribution in [0.15, 0.2) is 48.5 Å². The van der Waals surface area contributed by atoms with Crippen molar-refractivity contribution in [1.29, 1.82) is 0 Å². The van der Waals surface area contributed by atoms with Crippen LogP contribution in [0.25, 0.3) is 0 Å². The molecule has 3 rings (SSSR count). The van der Waals surface area contributed by atoms with Crippen LogP contribution in [0.5, 0.6) is 5.75 Å². The molecule has 0 aliphatic carbocycles. The summed E-state index contributed by atoms with van der Waals surface area (Å²) >= 11 is 0. The summed E-state index contributed by atoms with van der Waals surface area (Å²) in [6, 6.07) is 14.3. The molecule has 0 fully saturated rings. The summed E-state index contributed by atoms with van der Waals surface area (Å²) in [4.78, 5) is 14.6. The predicted molar refractivity (Wildman–Crippen MR) is 88.5 cm³/mol. The molecule has 1 heterocycles. The van der Waals surface area contributed by atoms with Crippen molar-refractivity contribution in [2.45, 2.75) is 38.8 Å². The fraction of sp³-hybridized carbons (Fsp3) is 0.316. The van der Waals surface area contributed by atoms with Crippen molar-refractivity contribution in [1.82, 2.24) is 0 Å². The Morgan fingerprint density at radius 1 is 1.21 bits per heavy atom. The number of anilines is 1. The molecule has 1 amide bonds. The molecule has 0 saturated heterocycles. The van der Waals surface area contributed by atoms with E-state index in [1.807, 2.05) is 30.0 Å². The summed E-state index contributed by atoms with van der Waals surface area (Å²) in [5, 5.41) is 0. The summed E-state index contributed by atoms with van der Waals surface area (Å²) in [5.74, 6) is 0.107. The lowest BCUT2D eigenvalue weighted by atomic mass is 9.96. The average Bonchev–Trinajstić information content (AvgIpc) is 2.56. The minimum atomic E-state index is -2.84. The number of hydrogen-bond acceptors (Lipinski definition) is 2. The highest BCUT2D eigenvalue weighted by molar-refractivity contribution is 5.96. The Balaban J connectivity index is 1.75. The maximum absolute atomic E-state index is 12.8. The lowest BCUT2D eigenvalue weighted by molar-refractivity contribution is -0.118. The number of aryl methyl sites for hydroxylation is 1. The van der Waals surface area contributed by atoms with Gasteiger partial charge in [0.2, 0.25) is 5.91 Å². The molecule has 0 radical (unpaired) electrons. The Hall–Kier alpha value is -2.43. The van der Waals surface area contributed by atoms with Crippen LogP contribution < -0.4 is 9.64 Å². The maximum atomic E-state index is 12.8. The first-order valence-corrected chi connectivity index (χ1v) is 7.98. The van der Waals surface area contributed by atoms with E-state index in [-0.39, 0.29) is 24.1 Å². The van der Waals surface area contributed by atoms with Crippen LogP contribution >= 0.6 is 0 Å². The summed E-state index contributed by atoms with van der Waals surface area (Å²) in [6.45, 7) is -0.795. The van der Waals surface area contributed by atoms with Crippen molar-refractivity contribution in [3.05, 3.63) is 59.7 Å². The normalized spacial score (nSPS) is 16.8. The molecule has 1 atom stereocenters. The molecular weight excluding hydrogens is 312 g/mol. The summed E-state index contributed by atoms with van der Waals surface area (Å²) < 4.78 is 28.7. The summed E-state index contributed by atoms with van der Waals surface area (Å²) in [5.41, 5.74) is 2.93. The van der Waals surface area contributed by atoms with Gasteiger partial charge in [0, 0.05) is 11.7 Å². The van der Waals surface area contributed by atoms with Crippen molar-refractivity contribution >= 4 is 11.6 Å². The maximum Gasteiger partial charge on any atom is 0.387 e. The van der Waals surface area contributed by atoms with Gasteiger partial charge in [0.25, 0.3) is 0 Å². The highest BCUT2D eigenvalue weighted by Gasteiger charge is 2.27. The zero-order valence-corrected chi connectivity index (χ0v) is 13.4. The van der Waals surface area contributed by atoms with Crippen molar-refractivity contribution in [3.63, 3.8) is 0 Å². The molecule has 126 valence electrons. The first-order chi connectivity index (χ1) is 11.5. The number of alkyl halides is 2. The fourth-order valence-corrected chi connectivity index (χ4v) is 3.12. The number of para-hydroxylation sites is 1. The number of halogens is 2. The third kappa shape index (κ3) is 3.55. The highest BCUT2D eigenvalue weighted by atomic mass is 19.3. The van der Waals surface area contributed by atoms with Gasteiger partial charge in [-0.15, -0.1) is 0 Å². The lowest BCUT2D eigenvalue weighted by Gasteiger charge is -2.35. The van der Waals surface area contributed by atoms with E-state index in [0.717, 1.165) is 24.1 Å². The standard InChI is InChI=1S/C19H19F2NO2/c1-13-6-9-15-4-2-3-5-17(15)22(13)18(23)12-14-7-10-16(11-8-14)24-19(20)21/h2-5,7-8,10-11,13,19H,6,9,12H2,1H3. The third-order valence-corrected chi connectivity index (χ3v) is 4.30. The second-order valence-corrected chi connectivity index (χ2v) is 5.98. The number of amides is 1. The van der Waals surface area contributed by atoms with E-state index < -0.39 is 6.61 Å². The smallest absolute Gasteiger partial charge is 0.387 e. The predicted octanol–water partition coefficient (Wildman–Crippen LogP) is 4.20. The number of hydrogen-bond donors (Lipinski definition) is 0. The first kappa shape index (κ1) is 16.4. The van der Waals surface area contributed by atoms with Gasteiger partial charge in [-0.05, 0) is 49.1 Å². The van der Waals surface area contributed by atoms with Crippen LogP contribution in [-0.2, 0) is 17.6 Å². The van der Waals surface area contributed by atoms with E-state index in [1.165, 1.54) is 17.7 Å². The van der Waals surface area contributed by atoms with E-state index in [9.17, 15) is 13.6 Å². The molecule has 0 N–H and O–H groups in total. The third-order valence-electron chi connectivity index (χ3n) is 4.30. The minimum Gasteiger partial charge on any atom is -0.435 e. The van der Waals surface area contributed by atoms with Crippen LogP contribution in [0, 0.1) is 0 Å². The molecule has 0 spiro atoms. The van der Waals surface area contributed by atoms with E-state index in [2.05, 4.69) is 10.8 Å². The number of nitrogens with zero attached hydrogens (tertiary/aromatic N) is 1. The molecule has 0 aromatic heterocycles. The molecule has 0 saturated carbocycles. The van der Waals surface area contributed by atoms with Crippen LogP contribution in [0.3, 0.4) is 0 Å². The monoisotopic (exact) mass is 331 g/mol. The number of carbonyl (C=O) groups excluding carboxylic acids is 1. The van der Waals surface area contributed by atoms with Gasteiger partial charge in [-0.3, -0.25) is 4.79 Å². The zero-order valence-electron chi connectivity index (χ0n) is 13.4. The average molecular weight is 331 g/mol. The van der Waals surface area contributed by atoms with Gasteiger partial charge in [-0.1, -0.05) is 30.3 Å². The Kier molecular flexibility index (Phi) is 4.79. The molecule has 1 aliphatic heterocycles. The van der Waals surface area contributed by atoms with Gasteiger partial charge in [-0.2, -0.15) is 8.78 Å². The van der Waals surface area contributed by atoms with E-state index >= 15 is 0 Å². The molecule has 0 bridgehead atoms. The lowest BCUT2D eigenvalue weighted by Crippen LogP contribution is -2.42. The van der Waals surface area contributed by atoms with Gasteiger partial charge in [0.15, 0.2) is 0 Å². The van der Waals surface area contributed by atoms with Crippen LogP contribution in [0.4, 0.5) is 14.5 Å². The van der Waals surface area contributed by atoms with Crippen LogP contribution in [0.1, 0.15) is 24.5 Å². The zero-order chi connectivity index (χ0) is 17.1. The first-order valence-electron chi connectivity index (χ1n) is 7.98. The van der Waals surface area contributed by atoms with Crippen molar-refractivity contribution in [3.8, 4) is 5.75 Å². The number of fused-ring (bicyclic) bond motifs is 1. The molecule has 24 heavy (non-hydrogen) atoms. The van der Waals surface area contributed by atoms with E-state index in [1.54, 1.807) is 12.1 Å². The van der Waals surface area contributed by atoms with Crippen LogP contribution in [0.2, 0.25) is 0 Å². The largest absolute Gasteiger partial charge is 0.435 e. The number of ether oxygens (including phenoxy) is 1. The van der Waals surface area contributed by atoms with Crippen molar-refractivity contribution < 1.29 is 18.3 Å². The van der Waals surface area contributed by atoms with E-state index in [4.69, 9.17) is 0 Å². The SMILES string of the molecule is CC1CCc2ccccc2N1C(=O)Cc1ccc(OC(F)F)cc1. The second-order valence-electron chi connectivity index (χ2n) is 5.98. The molecule has 5 heteroatoms. The van der Waals surface area contributed by atoms with Gasteiger partial charge >= 0.3 is 6.61 Å². The van der Waals surface area contributed by atoms with Gasteiger partial charge in [0.05, 0.1) is 6.42 Å². The number of rotatable bonds is 4. The molecule has 2 aromatic carbocycles. The molecular formula is C19H19F2NO2. The quantitative estimate of drug-likeness (QED) is 0.840. The number of carbonyl (C=O) groups is 1. The van der Waals surface area contributed by atoms with E-state index in [0.29, 0.717) is 0 Å². The second kappa shape index (κ2) is 6.99. The highest BCUT2D eigenvalue weighted by Crippen LogP contribution is 2.31. The Labute approximate surface area is 139 Å². The molecule has 1 unspecified atom stereocenters. The fourth-order valence-electron chi connectivity index (χ4n) is 3.12. The molecule has 3 nitrogen and oxygen atoms in total. The molecule has 2 aromatic rings. The Morgan fingerprint density at radius 3 is 2.62 bits per heavy atom. The van der Waals surface area contributed by atoms with Crippen LogP contribution in [-0.4, -0.2) is 18.6 Å². The van der Waals surface area contributed by atoms with Gasteiger partial charge < -0.3 is 9.64 Å². The van der Waals surface area contributed by atoms with Gasteiger partial charge in [-0.25, -0.2) is 0 Å². The summed E-state index contributed by atoms with van der Waals surface area (Å²) in [6.07, 6.45) is 2.14. The Morgan fingerprint density at radius 2 is 1.92 bits per heavy atom. The number of benzene rings is 2. The van der Waals surface area contributed by atoms with Crippen molar-refractivity contribution in [2.24, 2.45) is 0 Å². The van der Waals surface area contributed by atoms with Gasteiger partial charge in [0.1, 0.15) is 5.75 Å². The molecule has 1 aliphatic rings. The minimum absolute atomic E-state index is 0.0113. The van der Waals surface area contributed by atoms with Crippen molar-refractivity contribution in [2.75, 3.05) is 4.90 Å².